The van der Waals surface area contributed by atoms with Crippen molar-refractivity contribution < 1.29 is 67.4 Å². The van der Waals surface area contributed by atoms with Crippen molar-refractivity contribution in [3.8, 4) is 5.75 Å². The molecule has 1 aliphatic heterocycles. The number of amides is 8. The number of nitrogens with zero attached hydrogens (tertiary/aromatic N) is 11. The number of nitrogens with one attached hydrogen (secondary N) is 8. The molecule has 0 aliphatic carbocycles. The van der Waals surface area contributed by atoms with E-state index in [1.165, 1.54) is 78.9 Å². The number of anilines is 6. The van der Waals surface area contributed by atoms with Crippen molar-refractivity contribution >= 4 is 144 Å². The van der Waals surface area contributed by atoms with Gasteiger partial charge in [-0.15, -0.1) is 11.6 Å². The van der Waals surface area contributed by atoms with Crippen LogP contribution in [0.2, 0.25) is 0 Å². The van der Waals surface area contributed by atoms with Crippen LogP contribution in [-0.4, -0.2) is 158 Å². The minimum atomic E-state index is -0.641. The van der Waals surface area contributed by atoms with Crippen LogP contribution in [-0.2, 0) is 101 Å². The van der Waals surface area contributed by atoms with Gasteiger partial charge in [-0.05, 0) is 101 Å². The summed E-state index contributed by atoms with van der Waals surface area (Å²) in [6, 6.07) is 25.9. The van der Waals surface area contributed by atoms with Crippen LogP contribution in [0.15, 0.2) is 141 Å². The lowest BCUT2D eigenvalue weighted by Gasteiger charge is -2.17. The van der Waals surface area contributed by atoms with Gasteiger partial charge in [-0.2, -0.15) is 0 Å². The molecule has 9 N–H and O–H groups in total. The number of aryl methyl sites for hydroxylation is 8. The van der Waals surface area contributed by atoms with E-state index in [1.54, 1.807) is 124 Å². The van der Waals surface area contributed by atoms with Crippen LogP contribution in [0, 0.1) is 0 Å². The largest absolute Gasteiger partial charge is 0.507 e. The van der Waals surface area contributed by atoms with Crippen molar-refractivity contribution in [2.24, 2.45) is 56.4 Å². The molecule has 0 radical (unpaired) electrons. The number of phenolic OH excluding ortho intramolecular Hbond substituents is 1. The summed E-state index contributed by atoms with van der Waals surface area (Å²) in [7, 11) is 13.2. The van der Waals surface area contributed by atoms with Gasteiger partial charge in [0.05, 0.1) is 39.8 Å². The maximum atomic E-state index is 14.1. The van der Waals surface area contributed by atoms with Gasteiger partial charge in [0.25, 0.3) is 35.4 Å². The van der Waals surface area contributed by atoms with E-state index in [0.717, 1.165) is 27.4 Å². The lowest BCUT2D eigenvalue weighted by molar-refractivity contribution is -0.119. The topological polar surface area (TPSA) is 411 Å². The zero-order valence-corrected chi connectivity index (χ0v) is 67.6. The highest BCUT2D eigenvalue weighted by Gasteiger charge is 2.36. The predicted octanol–water partition coefficient (Wildman–Crippen LogP) is 10.6. The Hall–Kier alpha value is -14.2. The number of aromatic hydroxyl groups is 1. The minimum absolute atomic E-state index is 0. The van der Waals surface area contributed by atoms with Crippen LogP contribution < -0.4 is 42.1 Å². The maximum Gasteiger partial charge on any atom is 0.291 e. The second kappa shape index (κ2) is 37.1. The molecule has 0 fully saturated rings. The number of Topliss-reactive ketones (excluding diaryl/α,β-unsaturated/α-hetero) is 5. The Morgan fingerprint density at radius 1 is 0.455 bits per heavy atom. The Bertz CT molecular complexity index is 6120. The molecule has 630 valence electrons. The van der Waals surface area contributed by atoms with E-state index in [9.17, 15) is 67.4 Å². The molecular formula is C87H96ClN19O14. The number of rotatable bonds is 34. The van der Waals surface area contributed by atoms with Gasteiger partial charge in [0.15, 0.2) is 29.0 Å². The van der Waals surface area contributed by atoms with Gasteiger partial charge in [0, 0.05) is 218 Å². The third kappa shape index (κ3) is 20.0. The van der Waals surface area contributed by atoms with Crippen LogP contribution in [0.5, 0.6) is 5.75 Å². The van der Waals surface area contributed by atoms with Crippen LogP contribution in [0.1, 0.15) is 189 Å². The van der Waals surface area contributed by atoms with Gasteiger partial charge in [0.1, 0.15) is 40.1 Å². The molecule has 121 heavy (non-hydrogen) atoms. The molecule has 1 aliphatic rings. The summed E-state index contributed by atoms with van der Waals surface area (Å²) in [6.45, 7) is 1.75. The number of halogens is 1. The number of aromatic nitrogens is 11. The van der Waals surface area contributed by atoms with Gasteiger partial charge in [-0.3, -0.25) is 62.3 Å². The van der Waals surface area contributed by atoms with Crippen molar-refractivity contribution in [1.29, 1.82) is 0 Å². The average Bonchev–Trinajstić information content (AvgIpc) is 1.60. The van der Waals surface area contributed by atoms with Crippen molar-refractivity contribution in [3.05, 3.63) is 220 Å². The molecule has 34 heteroatoms. The quantitative estimate of drug-likeness (QED) is 0.0103. The summed E-state index contributed by atoms with van der Waals surface area (Å²) < 4.78 is 12.4. The van der Waals surface area contributed by atoms with Crippen molar-refractivity contribution in [3.63, 3.8) is 0 Å². The molecule has 0 bridgehead atoms. The molecule has 12 aromatic rings. The first-order valence-corrected chi connectivity index (χ1v) is 38.8. The number of alkyl halides is 1. The molecule has 10 heterocycles. The first-order chi connectivity index (χ1) is 56.8. The zero-order valence-electron chi connectivity index (χ0n) is 66.8. The molecule has 1 unspecified atom stereocenters. The summed E-state index contributed by atoms with van der Waals surface area (Å²) in [5.74, 6) is -4.17. The summed E-state index contributed by atoms with van der Waals surface area (Å²) in [6.07, 6.45) is 13.7. The van der Waals surface area contributed by atoms with Crippen LogP contribution in [0.4, 0.5) is 34.4 Å². The van der Waals surface area contributed by atoms with Crippen LogP contribution in [0.3, 0.4) is 0 Å². The number of benzene rings is 3. The second-order valence-electron chi connectivity index (χ2n) is 29.9. The monoisotopic (exact) mass is 1670 g/mol. The Kier molecular flexibility index (Phi) is 26.9. The number of hydrogen-bond acceptors (Lipinski definition) is 16. The van der Waals surface area contributed by atoms with Gasteiger partial charge in [-0.25, -0.2) is 9.97 Å². The molecule has 9 aromatic heterocycles. The fraction of sp³-hybridized carbons (Fsp3) is 0.299. The fourth-order valence-electron chi connectivity index (χ4n) is 15.0. The summed E-state index contributed by atoms with van der Waals surface area (Å²) in [5.41, 5.74) is 7.93. The molecule has 3 aromatic carbocycles. The Morgan fingerprint density at radius 2 is 0.926 bits per heavy atom. The number of hydrogen-bond donors (Lipinski definition) is 9. The van der Waals surface area contributed by atoms with Gasteiger partial charge >= 0.3 is 0 Å². The van der Waals surface area contributed by atoms with Crippen molar-refractivity contribution in [2.75, 3.05) is 57.0 Å². The average molecular weight is 1670 g/mol. The summed E-state index contributed by atoms with van der Waals surface area (Å²) >= 11 is 6.44. The van der Waals surface area contributed by atoms with Gasteiger partial charge < -0.3 is 88.7 Å². The number of imidazole rings is 2. The number of fused-ring (bicyclic) bond motifs is 4. The first-order valence-electron chi connectivity index (χ1n) is 38.3. The predicted molar refractivity (Wildman–Crippen MR) is 458 cm³/mol. The molecule has 0 saturated carbocycles. The standard InChI is InChI=1S/C85H88ClN19O14.2CH4/c1-47(106)89-74-45-103(8)78(95-74)83(117)92-56-35-69(102(7)44-56)82(116)90-54-33-68(100(5)42-54)81(115)88-23-21-76(113)94-75-46-104(9)79(96-75)84(118)91-55-34-67(101(6)43-55)80(114)87-22-13-15-58(108)26-50-28-65(99(4)39-50)73(112)31-51-29-63(97(2)40-51)70(109)18-12-14-57(107)25-49-27-64(98(3)38-49)72(111)30-48-19-20-61-52(24-48)32-62(93-61)85(119)105-41-53(37-86)77-60-17-11-10-16-59(60)71(110)36-66(77)105;;/h10-11,16-17,19-20,24,27-29,32-36,38-40,42-46,53,93,110H,12-15,18,21-23,25-26,30-31,37,41H2,1-9H3,(H,87,114)(H,88,115)(H,89,106)(H,90,116)(H,91,118)(H,92,117)(H,94,113);2*1H4. The van der Waals surface area contributed by atoms with Crippen molar-refractivity contribution in [2.45, 2.75) is 91.9 Å². The second-order valence-corrected chi connectivity index (χ2v) is 30.2. The van der Waals surface area contributed by atoms with Gasteiger partial charge in [-0.1, -0.05) is 45.2 Å². The fourth-order valence-corrected chi connectivity index (χ4v) is 15.3. The van der Waals surface area contributed by atoms with E-state index < -0.39 is 35.4 Å². The van der Waals surface area contributed by atoms with Crippen molar-refractivity contribution in [1.82, 2.24) is 62.1 Å². The highest BCUT2D eigenvalue weighted by atomic mass is 35.5. The Labute approximate surface area is 700 Å². The third-order valence-corrected chi connectivity index (χ3v) is 21.1. The smallest absolute Gasteiger partial charge is 0.291 e. The molecule has 0 saturated heterocycles. The van der Waals surface area contributed by atoms with Crippen LogP contribution in [0.25, 0.3) is 21.7 Å². The number of H-pyrrole nitrogens is 1. The van der Waals surface area contributed by atoms with Gasteiger partial charge in [0.2, 0.25) is 23.5 Å². The highest BCUT2D eigenvalue weighted by molar-refractivity contribution is 6.19. The molecular weight excluding hydrogens is 1570 g/mol. The zero-order chi connectivity index (χ0) is 84.9. The van der Waals surface area contributed by atoms with E-state index in [4.69, 9.17) is 11.6 Å². The lowest BCUT2D eigenvalue weighted by atomic mass is 9.95. The molecule has 13 rings (SSSR count). The van der Waals surface area contributed by atoms with E-state index in [-0.39, 0.29) is 178 Å². The number of carbonyl (C=O) groups is 13. The number of carbonyl (C=O) groups excluding carboxylic acids is 13. The SMILES string of the molecule is C.C.CC(=O)Nc1cn(C)c(C(=O)Nc2cc(C(=O)Nc3cc(C(=O)NCCC(=O)Nc4cn(C)c(C(=O)Nc5cc(C(=O)NCCCC(=O)Cc6cc(C(=O)Cc7cc(C(=O)CCCC(=O)Cc8cc(C(=O)Cc9ccc%10[nH]c(C(=O)N%11CC(CCl)c%12c%11cc(O)c%11ccccc%12%11)cc%10c9)n(C)c8)n(C)c7)n(C)c6)n(C)c5)n4)n(C)c3)n(C)c2)n1. The molecule has 8 amide bonds. The first kappa shape index (κ1) is 87.6. The maximum absolute atomic E-state index is 14.1. The molecule has 33 nitrogen and oxygen atoms in total. The van der Waals surface area contributed by atoms with Crippen LogP contribution >= 0.6 is 11.6 Å². The number of aromatic amines is 1. The van der Waals surface area contributed by atoms with E-state index in [1.807, 2.05) is 42.5 Å². The van der Waals surface area contributed by atoms with E-state index in [2.05, 4.69) is 52.2 Å². The summed E-state index contributed by atoms with van der Waals surface area (Å²) in [4.78, 5) is 186. The number of ketones is 5. The number of phenols is 1. The molecule has 1 atom stereocenters. The Balaban J connectivity index is 0.00000715. The summed E-state index contributed by atoms with van der Waals surface area (Å²) in [5, 5.41) is 32.0. The lowest BCUT2D eigenvalue weighted by Crippen LogP contribution is -2.30. The minimum Gasteiger partial charge on any atom is -0.507 e. The third-order valence-electron chi connectivity index (χ3n) is 20.7. The van der Waals surface area contributed by atoms with E-state index in [0.29, 0.717) is 87.2 Å². The Morgan fingerprint density at radius 3 is 1.46 bits per heavy atom. The highest BCUT2D eigenvalue weighted by Crippen LogP contribution is 2.46. The normalized spacial score (nSPS) is 12.2. The molecule has 0 spiro atoms. The van der Waals surface area contributed by atoms with E-state index >= 15 is 0 Å².